The maximum atomic E-state index is 12.5. The summed E-state index contributed by atoms with van der Waals surface area (Å²) in [5.41, 5.74) is 13.5. The van der Waals surface area contributed by atoms with Gasteiger partial charge in [0.1, 0.15) is 0 Å². The monoisotopic (exact) mass is 460 g/mol. The number of carbonyl (C=O) groups excluding carboxylic acids is 1. The number of anilines is 2. The van der Waals surface area contributed by atoms with Gasteiger partial charge in [-0.05, 0) is 26.0 Å². The van der Waals surface area contributed by atoms with Gasteiger partial charge in [-0.2, -0.15) is 5.26 Å². The summed E-state index contributed by atoms with van der Waals surface area (Å²) >= 11 is 5.83. The standard InChI is InChI=1S/C18H18ClN7O2.2C2H6/c1-3-25-11-6-5-10(8-20)7-12(11)26(4-2)13(25)9-28-18(27)14-16(21)24-17(22)15(19)23-14;2*1-2/h5-7H,3-4,9H2,1-2H3,(H3-,21,22,24,27);2*1-2H3/p+1. The van der Waals surface area contributed by atoms with Gasteiger partial charge in [-0.1, -0.05) is 39.3 Å². The second-order valence-corrected chi connectivity index (χ2v) is 6.29. The van der Waals surface area contributed by atoms with E-state index in [0.717, 1.165) is 16.9 Å². The molecule has 0 radical (unpaired) electrons. The Morgan fingerprint density at radius 3 is 2.41 bits per heavy atom. The lowest BCUT2D eigenvalue weighted by atomic mass is 10.2. The number of benzene rings is 1. The van der Waals surface area contributed by atoms with E-state index in [9.17, 15) is 10.1 Å². The van der Waals surface area contributed by atoms with E-state index in [1.54, 1.807) is 6.07 Å². The maximum Gasteiger partial charge on any atom is 0.361 e. The molecule has 3 rings (SSSR count). The summed E-state index contributed by atoms with van der Waals surface area (Å²) in [6.07, 6.45) is 0. The molecule has 0 bridgehead atoms. The van der Waals surface area contributed by atoms with Crippen molar-refractivity contribution in [3.05, 3.63) is 40.4 Å². The molecule has 9 nitrogen and oxygen atoms in total. The van der Waals surface area contributed by atoms with E-state index in [-0.39, 0.29) is 29.1 Å². The van der Waals surface area contributed by atoms with Crippen LogP contribution < -0.4 is 16.0 Å². The fraction of sp³-hybridized carbons (Fsp3) is 0.409. The number of nitrogens with two attached hydrogens (primary N) is 2. The number of carbonyl (C=O) groups is 1. The highest BCUT2D eigenvalue weighted by atomic mass is 35.5. The van der Waals surface area contributed by atoms with Crippen LogP contribution in [0.25, 0.3) is 11.0 Å². The second-order valence-electron chi connectivity index (χ2n) is 5.93. The number of imidazole rings is 1. The molecule has 0 aliphatic rings. The molecule has 0 unspecified atom stereocenters. The van der Waals surface area contributed by atoms with Crippen molar-refractivity contribution in [2.75, 3.05) is 11.5 Å². The van der Waals surface area contributed by atoms with Crippen molar-refractivity contribution >= 4 is 40.2 Å². The predicted octanol–water partition coefficient (Wildman–Crippen LogP) is 3.86. The van der Waals surface area contributed by atoms with Gasteiger partial charge in [-0.3, -0.25) is 0 Å². The minimum absolute atomic E-state index is 0.0137. The number of hydrogen-bond donors (Lipinski definition) is 2. The number of nitrogen functional groups attached to an aromatic ring is 2. The molecule has 0 saturated heterocycles. The molecule has 0 atom stereocenters. The third-order valence-corrected chi connectivity index (χ3v) is 4.65. The smallest absolute Gasteiger partial charge is 0.361 e. The highest BCUT2D eigenvalue weighted by Crippen LogP contribution is 2.20. The Hall–Kier alpha value is -3.38. The lowest BCUT2D eigenvalue weighted by Crippen LogP contribution is -2.37. The third-order valence-electron chi connectivity index (χ3n) is 4.37. The first kappa shape index (κ1) is 26.7. The molecule has 1 aromatic carbocycles. The minimum atomic E-state index is -0.750. The number of rotatable bonds is 5. The number of hydrogen-bond acceptors (Lipinski definition) is 7. The predicted molar refractivity (Wildman–Crippen MR) is 126 cm³/mol. The molecule has 0 spiro atoms. The molecule has 2 aromatic heterocycles. The summed E-state index contributed by atoms with van der Waals surface area (Å²) < 4.78 is 9.46. The average molecular weight is 461 g/mol. The van der Waals surface area contributed by atoms with Crippen LogP contribution in [0.15, 0.2) is 18.2 Å². The summed E-state index contributed by atoms with van der Waals surface area (Å²) in [5.74, 6) is -0.180. The number of aromatic nitrogens is 4. The minimum Gasteiger partial charge on any atom is -0.448 e. The average Bonchev–Trinajstić information content (AvgIpc) is 3.13. The first-order valence-electron chi connectivity index (χ1n) is 10.6. The van der Waals surface area contributed by atoms with Crippen LogP contribution in [0, 0.1) is 11.3 Å². The Bertz CT molecular complexity index is 1120. The zero-order valence-corrected chi connectivity index (χ0v) is 20.2. The van der Waals surface area contributed by atoms with Gasteiger partial charge in [0, 0.05) is 6.07 Å². The molecule has 0 aliphatic carbocycles. The Morgan fingerprint density at radius 1 is 1.19 bits per heavy atom. The first-order valence-corrected chi connectivity index (χ1v) is 11.0. The fourth-order valence-corrected chi connectivity index (χ4v) is 3.24. The van der Waals surface area contributed by atoms with Crippen LogP contribution in [0.3, 0.4) is 0 Å². The van der Waals surface area contributed by atoms with E-state index in [1.807, 2.05) is 62.8 Å². The number of esters is 1. The largest absolute Gasteiger partial charge is 0.448 e. The van der Waals surface area contributed by atoms with Gasteiger partial charge in [-0.25, -0.2) is 23.9 Å². The summed E-state index contributed by atoms with van der Waals surface area (Å²) in [5, 5.41) is 9.07. The van der Waals surface area contributed by atoms with Gasteiger partial charge in [0.25, 0.3) is 5.82 Å². The molecular weight excluding hydrogens is 430 g/mol. The van der Waals surface area contributed by atoms with Crippen molar-refractivity contribution < 1.29 is 14.1 Å². The molecule has 0 aliphatic heterocycles. The summed E-state index contributed by atoms with van der Waals surface area (Å²) in [6, 6.07) is 7.61. The number of halogens is 1. The van der Waals surface area contributed by atoms with Gasteiger partial charge >= 0.3 is 5.97 Å². The molecule has 10 heteroatoms. The first-order chi connectivity index (χ1) is 15.4. The molecule has 32 heavy (non-hydrogen) atoms. The number of fused-ring (bicyclic) bond motifs is 1. The number of nitrogens with zero attached hydrogens (tertiary/aromatic N) is 5. The highest BCUT2D eigenvalue weighted by Gasteiger charge is 2.26. The zero-order chi connectivity index (χ0) is 24.4. The van der Waals surface area contributed by atoms with Crippen molar-refractivity contribution in [3.63, 3.8) is 0 Å². The lowest BCUT2D eigenvalue weighted by Gasteiger charge is -2.07. The molecular formula is C22H31ClN7O2+. The van der Waals surface area contributed by atoms with Crippen LogP contribution in [0.1, 0.15) is 63.4 Å². The van der Waals surface area contributed by atoms with Gasteiger partial charge in [0.15, 0.2) is 40.1 Å². The van der Waals surface area contributed by atoms with Crippen LogP contribution in [0.5, 0.6) is 0 Å². The van der Waals surface area contributed by atoms with Crippen molar-refractivity contribution in [2.24, 2.45) is 0 Å². The Balaban J connectivity index is 0.00000121. The van der Waals surface area contributed by atoms with E-state index in [0.29, 0.717) is 18.7 Å². The van der Waals surface area contributed by atoms with Crippen molar-refractivity contribution in [1.29, 1.82) is 5.26 Å². The van der Waals surface area contributed by atoms with Gasteiger partial charge in [-0.15, -0.1) is 0 Å². The molecule has 172 valence electrons. The van der Waals surface area contributed by atoms with Crippen LogP contribution in [-0.4, -0.2) is 20.5 Å². The summed E-state index contributed by atoms with van der Waals surface area (Å²) in [4.78, 5) is 20.1. The Labute approximate surface area is 193 Å². The lowest BCUT2D eigenvalue weighted by molar-refractivity contribution is -0.678. The quantitative estimate of drug-likeness (QED) is 0.435. The number of ether oxygens (including phenoxy) is 1. The molecule has 0 saturated carbocycles. The zero-order valence-electron chi connectivity index (χ0n) is 19.4. The molecule has 2 heterocycles. The van der Waals surface area contributed by atoms with Gasteiger partial charge in [0.2, 0.25) is 0 Å². The second kappa shape index (κ2) is 12.5. The van der Waals surface area contributed by atoms with E-state index < -0.39 is 5.97 Å². The molecule has 0 fully saturated rings. The molecule has 0 amide bonds. The van der Waals surface area contributed by atoms with Crippen molar-refractivity contribution in [1.82, 2.24) is 14.5 Å². The van der Waals surface area contributed by atoms with E-state index >= 15 is 0 Å². The normalized spacial score (nSPS) is 9.81. The Morgan fingerprint density at radius 2 is 1.84 bits per heavy atom. The van der Waals surface area contributed by atoms with Crippen LogP contribution >= 0.6 is 11.6 Å². The van der Waals surface area contributed by atoms with Crippen molar-refractivity contribution in [3.8, 4) is 6.07 Å². The van der Waals surface area contributed by atoms with Crippen LogP contribution in [0.4, 0.5) is 11.6 Å². The van der Waals surface area contributed by atoms with Crippen LogP contribution in [-0.2, 0) is 24.4 Å². The van der Waals surface area contributed by atoms with Crippen LogP contribution in [0.2, 0.25) is 5.15 Å². The highest BCUT2D eigenvalue weighted by molar-refractivity contribution is 6.31. The molecule has 3 aromatic rings. The summed E-state index contributed by atoms with van der Waals surface area (Å²) in [7, 11) is 0. The van der Waals surface area contributed by atoms with E-state index in [1.165, 1.54) is 0 Å². The number of nitriles is 1. The number of aryl methyl sites for hydroxylation is 2. The topological polar surface area (TPSA) is 137 Å². The fourth-order valence-electron chi connectivity index (χ4n) is 3.11. The van der Waals surface area contributed by atoms with Gasteiger partial charge in [0.05, 0.1) is 24.7 Å². The van der Waals surface area contributed by atoms with E-state index in [4.69, 9.17) is 27.8 Å². The summed E-state index contributed by atoms with van der Waals surface area (Å²) in [6.45, 7) is 13.3. The Kier molecular flexibility index (Phi) is 10.4. The SMILES string of the molecule is CC.CC.CCn1c(COC(=O)c2nc(Cl)c(N)nc2N)[n+](CC)c2ccc(C#N)cc21. The third kappa shape index (κ3) is 5.45. The van der Waals surface area contributed by atoms with E-state index in [2.05, 4.69) is 16.0 Å². The molecule has 4 N–H and O–H groups in total. The van der Waals surface area contributed by atoms with Gasteiger partial charge < -0.3 is 16.2 Å². The maximum absolute atomic E-state index is 12.5. The van der Waals surface area contributed by atoms with Crippen molar-refractivity contribution in [2.45, 2.75) is 61.2 Å².